The molecule has 0 saturated heterocycles. The monoisotopic (exact) mass is 366 g/mol. The molecule has 0 unspecified atom stereocenters. The van der Waals surface area contributed by atoms with Crippen LogP contribution in [0.4, 0.5) is 11.4 Å². The van der Waals surface area contributed by atoms with Gasteiger partial charge >= 0.3 is 5.97 Å². The van der Waals surface area contributed by atoms with Gasteiger partial charge in [-0.15, -0.1) is 0 Å². The smallest absolute Gasteiger partial charge is 0.340 e. The predicted molar refractivity (Wildman–Crippen MR) is 96.0 cm³/mol. The van der Waals surface area contributed by atoms with Gasteiger partial charge < -0.3 is 15.4 Å². The van der Waals surface area contributed by atoms with Crippen LogP contribution in [-0.4, -0.2) is 25.0 Å². The molecule has 0 fully saturated rings. The summed E-state index contributed by atoms with van der Waals surface area (Å²) in [7, 11) is 0. The second kappa shape index (κ2) is 8.57. The third-order valence-corrected chi connectivity index (χ3v) is 3.72. The van der Waals surface area contributed by atoms with Crippen LogP contribution >= 0.6 is 23.2 Å². The Morgan fingerprint density at radius 2 is 1.71 bits per heavy atom. The van der Waals surface area contributed by atoms with Crippen molar-refractivity contribution in [3.63, 3.8) is 0 Å². The predicted octanol–water partition coefficient (Wildman–Crippen LogP) is 4.22. The lowest BCUT2D eigenvalue weighted by molar-refractivity contribution is -0.114. The highest BCUT2D eigenvalue weighted by atomic mass is 35.5. The molecule has 0 aliphatic carbocycles. The molecule has 5 nitrogen and oxygen atoms in total. The van der Waals surface area contributed by atoms with Gasteiger partial charge in [-0.3, -0.25) is 4.79 Å². The highest BCUT2D eigenvalue weighted by Crippen LogP contribution is 2.29. The number of halogens is 2. The molecule has 0 aliphatic heterocycles. The molecular formula is C17H16Cl2N2O3. The first kappa shape index (κ1) is 18.1. The first-order valence-corrected chi connectivity index (χ1v) is 8.02. The third kappa shape index (κ3) is 4.63. The summed E-state index contributed by atoms with van der Waals surface area (Å²) in [5.41, 5.74) is 1.23. The van der Waals surface area contributed by atoms with Gasteiger partial charge in [0.2, 0.25) is 5.91 Å². The average molecular weight is 367 g/mol. The third-order valence-electron chi connectivity index (χ3n) is 3.09. The standard InChI is InChI=1S/C17H16Cl2N2O3/c1-2-24-17(23)11-6-3-4-9-14(11)20-10-15(22)21-16-12(18)7-5-8-13(16)19/h3-9,20H,2,10H2,1H3,(H,21,22). The number of ether oxygens (including phenoxy) is 1. The van der Waals surface area contributed by atoms with E-state index in [2.05, 4.69) is 10.6 Å². The number of carbonyl (C=O) groups is 2. The summed E-state index contributed by atoms with van der Waals surface area (Å²) in [6.07, 6.45) is 0. The number of anilines is 2. The van der Waals surface area contributed by atoms with Crippen molar-refractivity contribution in [2.75, 3.05) is 23.8 Å². The minimum atomic E-state index is -0.449. The van der Waals surface area contributed by atoms with Crippen LogP contribution in [0, 0.1) is 0 Å². The molecule has 24 heavy (non-hydrogen) atoms. The highest BCUT2D eigenvalue weighted by Gasteiger charge is 2.13. The lowest BCUT2D eigenvalue weighted by Gasteiger charge is -2.12. The summed E-state index contributed by atoms with van der Waals surface area (Å²) >= 11 is 12.0. The molecule has 2 aromatic carbocycles. The van der Waals surface area contributed by atoms with Crippen molar-refractivity contribution in [2.45, 2.75) is 6.92 Å². The zero-order valence-electron chi connectivity index (χ0n) is 12.9. The van der Waals surface area contributed by atoms with Gasteiger partial charge in [-0.05, 0) is 31.2 Å². The van der Waals surface area contributed by atoms with E-state index in [1.54, 1.807) is 49.4 Å². The molecule has 7 heteroatoms. The normalized spacial score (nSPS) is 10.1. The van der Waals surface area contributed by atoms with E-state index in [4.69, 9.17) is 27.9 Å². The van der Waals surface area contributed by atoms with E-state index in [0.29, 0.717) is 27.0 Å². The molecule has 0 heterocycles. The Kier molecular flexibility index (Phi) is 6.46. The van der Waals surface area contributed by atoms with Crippen molar-refractivity contribution >= 4 is 46.5 Å². The van der Waals surface area contributed by atoms with Gasteiger partial charge in [0.25, 0.3) is 0 Å². The molecule has 2 rings (SSSR count). The van der Waals surface area contributed by atoms with Crippen LogP contribution in [-0.2, 0) is 9.53 Å². The zero-order valence-corrected chi connectivity index (χ0v) is 14.4. The lowest BCUT2D eigenvalue weighted by atomic mass is 10.2. The quantitative estimate of drug-likeness (QED) is 0.751. The van der Waals surface area contributed by atoms with Gasteiger partial charge in [0, 0.05) is 5.69 Å². The molecule has 126 valence electrons. The molecule has 0 aromatic heterocycles. The van der Waals surface area contributed by atoms with Crippen molar-refractivity contribution in [1.82, 2.24) is 0 Å². The number of esters is 1. The van der Waals surface area contributed by atoms with E-state index in [9.17, 15) is 9.59 Å². The summed E-state index contributed by atoms with van der Waals surface area (Å²) < 4.78 is 4.99. The Balaban J connectivity index is 2.03. The molecule has 1 amide bonds. The number of hydrogen-bond acceptors (Lipinski definition) is 4. The van der Waals surface area contributed by atoms with Crippen molar-refractivity contribution in [3.8, 4) is 0 Å². The van der Waals surface area contributed by atoms with Crippen molar-refractivity contribution in [3.05, 3.63) is 58.1 Å². The Bertz CT molecular complexity index is 730. The first-order chi connectivity index (χ1) is 11.5. The summed E-state index contributed by atoms with van der Waals surface area (Å²) in [4.78, 5) is 24.0. The molecule has 0 atom stereocenters. The fraction of sp³-hybridized carbons (Fsp3) is 0.176. The largest absolute Gasteiger partial charge is 0.462 e. The SMILES string of the molecule is CCOC(=O)c1ccccc1NCC(=O)Nc1c(Cl)cccc1Cl. The second-order valence-corrected chi connectivity index (χ2v) is 5.58. The number of hydrogen-bond donors (Lipinski definition) is 2. The Labute approximate surface area is 149 Å². The van der Waals surface area contributed by atoms with Crippen molar-refractivity contribution in [2.24, 2.45) is 0 Å². The van der Waals surface area contributed by atoms with Gasteiger partial charge in [-0.2, -0.15) is 0 Å². The molecule has 0 aliphatic rings. The van der Waals surface area contributed by atoms with Crippen LogP contribution in [0.15, 0.2) is 42.5 Å². The van der Waals surface area contributed by atoms with Gasteiger partial charge in [-0.25, -0.2) is 4.79 Å². The van der Waals surface area contributed by atoms with Crippen LogP contribution in [0.2, 0.25) is 10.0 Å². The summed E-state index contributed by atoms with van der Waals surface area (Å²) in [6, 6.07) is 11.8. The number of rotatable bonds is 6. The number of para-hydroxylation sites is 2. The molecule has 0 spiro atoms. The van der Waals surface area contributed by atoms with Gasteiger partial charge in [-0.1, -0.05) is 41.4 Å². The fourth-order valence-electron chi connectivity index (χ4n) is 2.00. The van der Waals surface area contributed by atoms with Crippen LogP contribution in [0.3, 0.4) is 0 Å². The number of nitrogens with one attached hydrogen (secondary N) is 2. The average Bonchev–Trinajstić information content (AvgIpc) is 2.57. The van der Waals surface area contributed by atoms with E-state index < -0.39 is 5.97 Å². The van der Waals surface area contributed by atoms with Gasteiger partial charge in [0.1, 0.15) is 0 Å². The zero-order chi connectivity index (χ0) is 17.5. The van der Waals surface area contributed by atoms with Gasteiger partial charge in [0.05, 0.1) is 34.4 Å². The number of benzene rings is 2. The van der Waals surface area contributed by atoms with Crippen LogP contribution < -0.4 is 10.6 Å². The lowest BCUT2D eigenvalue weighted by Crippen LogP contribution is -2.23. The Morgan fingerprint density at radius 1 is 1.04 bits per heavy atom. The highest BCUT2D eigenvalue weighted by molar-refractivity contribution is 6.39. The van der Waals surface area contributed by atoms with Crippen LogP contribution in [0.25, 0.3) is 0 Å². The molecule has 0 bridgehead atoms. The molecular weight excluding hydrogens is 351 g/mol. The Hall–Kier alpha value is -2.24. The number of amides is 1. The molecule has 2 aromatic rings. The maximum atomic E-state index is 12.1. The molecule has 2 N–H and O–H groups in total. The minimum absolute atomic E-state index is 0.0576. The van der Waals surface area contributed by atoms with Crippen LogP contribution in [0.1, 0.15) is 17.3 Å². The molecule has 0 saturated carbocycles. The van der Waals surface area contributed by atoms with E-state index in [1.165, 1.54) is 0 Å². The number of carbonyl (C=O) groups excluding carboxylic acids is 2. The fourth-order valence-corrected chi connectivity index (χ4v) is 2.49. The van der Waals surface area contributed by atoms with Crippen molar-refractivity contribution < 1.29 is 14.3 Å². The van der Waals surface area contributed by atoms with E-state index in [0.717, 1.165) is 0 Å². The minimum Gasteiger partial charge on any atom is -0.462 e. The van der Waals surface area contributed by atoms with Gasteiger partial charge in [0.15, 0.2) is 0 Å². The topological polar surface area (TPSA) is 67.4 Å². The maximum Gasteiger partial charge on any atom is 0.340 e. The van der Waals surface area contributed by atoms with E-state index in [1.807, 2.05) is 0 Å². The summed E-state index contributed by atoms with van der Waals surface area (Å²) in [5, 5.41) is 6.25. The van der Waals surface area contributed by atoms with Crippen molar-refractivity contribution in [1.29, 1.82) is 0 Å². The summed E-state index contributed by atoms with van der Waals surface area (Å²) in [6.45, 7) is 1.95. The first-order valence-electron chi connectivity index (χ1n) is 7.26. The maximum absolute atomic E-state index is 12.1. The van der Waals surface area contributed by atoms with E-state index >= 15 is 0 Å². The van der Waals surface area contributed by atoms with E-state index in [-0.39, 0.29) is 19.1 Å². The molecule has 0 radical (unpaired) electrons. The summed E-state index contributed by atoms with van der Waals surface area (Å²) in [5.74, 6) is -0.793. The van der Waals surface area contributed by atoms with Crippen LogP contribution in [0.5, 0.6) is 0 Å². The second-order valence-electron chi connectivity index (χ2n) is 4.76. The Morgan fingerprint density at radius 3 is 2.38 bits per heavy atom.